The van der Waals surface area contributed by atoms with Gasteiger partial charge in [-0.2, -0.15) is 23.4 Å². The van der Waals surface area contributed by atoms with Gasteiger partial charge in [0.2, 0.25) is 0 Å². The molecule has 0 spiro atoms. The summed E-state index contributed by atoms with van der Waals surface area (Å²) >= 11 is 0. The number of alkyl halides is 3. The smallest absolute Gasteiger partial charge is 0.368 e. The molecule has 4 N–H and O–H groups in total. The van der Waals surface area contributed by atoms with E-state index in [2.05, 4.69) is 30.7 Å². The van der Waals surface area contributed by atoms with Gasteiger partial charge in [0.15, 0.2) is 11.7 Å². The van der Waals surface area contributed by atoms with Crippen LogP contribution in [-0.4, -0.2) is 48.3 Å². The highest BCUT2D eigenvalue weighted by Crippen LogP contribution is 2.29. The topological polar surface area (TPSA) is 103 Å². The molecular weight excluding hydrogens is 440 g/mol. The van der Waals surface area contributed by atoms with Crippen molar-refractivity contribution in [2.45, 2.75) is 19.5 Å². The van der Waals surface area contributed by atoms with Crippen LogP contribution in [0.4, 0.5) is 23.2 Å². The molecule has 0 fully saturated rings. The van der Waals surface area contributed by atoms with E-state index in [4.69, 9.17) is 5.84 Å². The normalized spacial score (nSPS) is 15.5. The second-order valence-electron chi connectivity index (χ2n) is 6.46. The largest absolute Gasteiger partial charge is 0.416 e. The van der Waals surface area contributed by atoms with Crippen LogP contribution in [0, 0.1) is 0 Å². The Labute approximate surface area is 188 Å². The molecule has 0 bridgehead atoms. The molecule has 8 nitrogen and oxygen atoms in total. The number of allylic oxidation sites excluding steroid dienone is 5. The number of rotatable bonds is 8. The highest BCUT2D eigenvalue weighted by Gasteiger charge is 2.32. The predicted octanol–water partition coefficient (Wildman–Crippen LogP) is 3.81. The summed E-state index contributed by atoms with van der Waals surface area (Å²) in [6.07, 6.45) is 5.91. The molecule has 0 aliphatic heterocycles. The van der Waals surface area contributed by atoms with Crippen LogP contribution in [0.25, 0.3) is 0 Å². The van der Waals surface area contributed by atoms with Gasteiger partial charge in [0.25, 0.3) is 0 Å². The van der Waals surface area contributed by atoms with Crippen molar-refractivity contribution in [2.75, 3.05) is 18.9 Å². The number of anilines is 1. The predicted molar refractivity (Wildman–Crippen MR) is 122 cm³/mol. The quantitative estimate of drug-likeness (QED) is 0.179. The van der Waals surface area contributed by atoms with Gasteiger partial charge >= 0.3 is 6.18 Å². The first kappa shape index (κ1) is 25.5. The second-order valence-corrected chi connectivity index (χ2v) is 6.46. The maximum absolute atomic E-state index is 13.8. The lowest BCUT2D eigenvalue weighted by Crippen LogP contribution is -2.24. The molecule has 0 saturated carbocycles. The first-order valence-corrected chi connectivity index (χ1v) is 9.79. The molecule has 0 atom stereocenters. The van der Waals surface area contributed by atoms with Crippen LogP contribution in [0.1, 0.15) is 19.0 Å². The van der Waals surface area contributed by atoms with Crippen molar-refractivity contribution in [1.82, 2.24) is 15.4 Å². The first-order chi connectivity index (χ1) is 15.7. The Bertz CT molecular complexity index is 1000. The molecule has 1 aromatic rings. The number of nitrogens with zero attached hydrogens (tertiary/aromatic N) is 5. The van der Waals surface area contributed by atoms with Crippen LogP contribution in [0.3, 0.4) is 0 Å². The molecule has 0 unspecified atom stereocenters. The van der Waals surface area contributed by atoms with Crippen molar-refractivity contribution in [3.63, 3.8) is 0 Å². The Morgan fingerprint density at radius 1 is 1.33 bits per heavy atom. The summed E-state index contributed by atoms with van der Waals surface area (Å²) in [7, 11) is 1.45. The monoisotopic (exact) mass is 464 g/mol. The van der Waals surface area contributed by atoms with E-state index in [0.29, 0.717) is 30.0 Å². The minimum Gasteiger partial charge on any atom is -0.368 e. The van der Waals surface area contributed by atoms with Crippen LogP contribution in [-0.2, 0) is 0 Å². The number of amidine groups is 1. The molecule has 176 valence electrons. The number of hydrogen-bond acceptors (Lipinski definition) is 6. The number of aromatic nitrogens is 1. The van der Waals surface area contributed by atoms with E-state index in [9.17, 15) is 17.6 Å². The third-order valence-electron chi connectivity index (χ3n) is 3.97. The van der Waals surface area contributed by atoms with Crippen molar-refractivity contribution in [2.24, 2.45) is 20.9 Å². The lowest BCUT2D eigenvalue weighted by molar-refractivity contribution is -0.0882. The Kier molecular flexibility index (Phi) is 9.48. The van der Waals surface area contributed by atoms with Gasteiger partial charge in [-0.05, 0) is 31.6 Å². The van der Waals surface area contributed by atoms with Crippen LogP contribution in [0.2, 0.25) is 0 Å². The average Bonchev–Trinajstić information content (AvgIpc) is 3.02. The maximum Gasteiger partial charge on any atom is 0.416 e. The van der Waals surface area contributed by atoms with Gasteiger partial charge in [0.05, 0.1) is 35.6 Å². The number of hydrogen-bond donors (Lipinski definition) is 3. The zero-order valence-electron chi connectivity index (χ0n) is 18.0. The first-order valence-electron chi connectivity index (χ1n) is 9.79. The van der Waals surface area contributed by atoms with E-state index >= 15 is 0 Å². The Morgan fingerprint density at radius 2 is 2.12 bits per heavy atom. The van der Waals surface area contributed by atoms with Gasteiger partial charge in [-0.15, -0.1) is 0 Å². The minimum absolute atomic E-state index is 0.0700. The molecule has 1 aliphatic carbocycles. The van der Waals surface area contributed by atoms with Crippen LogP contribution in [0.5, 0.6) is 0 Å². The SMILES string of the molecule is CCNC(=NC)/C(F)=C\N=CN(N)/N=C/c1ccc(NC2=CCC=CC(C(F)(F)F)=C2)cn1. The average molecular weight is 464 g/mol. The van der Waals surface area contributed by atoms with Crippen molar-refractivity contribution in [1.29, 1.82) is 0 Å². The summed E-state index contributed by atoms with van der Waals surface area (Å²) in [5.41, 5.74) is 0.501. The molecule has 12 heteroatoms. The lowest BCUT2D eigenvalue weighted by atomic mass is 10.2. The summed E-state index contributed by atoms with van der Waals surface area (Å²) in [5.74, 6) is 5.04. The number of nitrogens with two attached hydrogens (primary N) is 1. The number of hydrazone groups is 1. The van der Waals surface area contributed by atoms with Crippen LogP contribution >= 0.6 is 0 Å². The highest BCUT2D eigenvalue weighted by molar-refractivity contribution is 5.96. The molecule has 1 aromatic heterocycles. The molecule has 1 heterocycles. The number of pyridine rings is 1. The fourth-order valence-electron chi connectivity index (χ4n) is 2.47. The number of nitrogens with one attached hydrogen (secondary N) is 2. The van der Waals surface area contributed by atoms with Gasteiger partial charge in [-0.1, -0.05) is 18.2 Å². The molecule has 0 aromatic carbocycles. The van der Waals surface area contributed by atoms with E-state index in [-0.39, 0.29) is 5.84 Å². The van der Waals surface area contributed by atoms with Crippen molar-refractivity contribution in [3.8, 4) is 0 Å². The molecule has 0 saturated heterocycles. The fraction of sp³-hybridized carbons (Fsp3) is 0.238. The van der Waals surface area contributed by atoms with E-state index in [0.717, 1.165) is 29.8 Å². The zero-order chi connectivity index (χ0) is 24.3. The number of halogens is 4. The Balaban J connectivity index is 1.97. The van der Waals surface area contributed by atoms with Gasteiger partial charge in [0, 0.05) is 19.3 Å². The summed E-state index contributed by atoms with van der Waals surface area (Å²) in [5, 5.41) is 10.4. The molecule has 2 rings (SSSR count). The molecule has 0 radical (unpaired) electrons. The van der Waals surface area contributed by atoms with E-state index in [1.54, 1.807) is 25.1 Å². The summed E-state index contributed by atoms with van der Waals surface area (Å²) in [6.45, 7) is 2.31. The zero-order valence-corrected chi connectivity index (χ0v) is 18.0. The highest BCUT2D eigenvalue weighted by atomic mass is 19.4. The number of likely N-dealkylation sites (N-methyl/N-ethyl adjacent to an activating group) is 1. The lowest BCUT2D eigenvalue weighted by Gasteiger charge is -2.10. The molecular formula is C21H24F4N8. The number of aliphatic imine (C=N–C) groups is 2. The van der Waals surface area contributed by atoms with Gasteiger partial charge in [0.1, 0.15) is 6.34 Å². The molecule has 1 aliphatic rings. The third kappa shape index (κ3) is 8.69. The summed E-state index contributed by atoms with van der Waals surface area (Å²) < 4.78 is 52.8. The van der Waals surface area contributed by atoms with Crippen LogP contribution in [0.15, 0.2) is 81.0 Å². The van der Waals surface area contributed by atoms with E-state index < -0.39 is 17.6 Å². The standard InChI is InChI=1S/C21H24F4N8/c1-3-29-20(27-2)19(22)13-28-14-33(26)31-12-17-8-9-18(11-30-17)32-16-7-5-4-6-15(10-16)21(23,24)25/h4,6-14,32H,3,5,26H2,1-2H3,(H,27,29)/b19-13+,28-14?,31-12+. The summed E-state index contributed by atoms with van der Waals surface area (Å²) in [4.78, 5) is 11.6. The van der Waals surface area contributed by atoms with Crippen molar-refractivity contribution < 1.29 is 17.6 Å². The number of hydrazine groups is 1. The third-order valence-corrected chi connectivity index (χ3v) is 3.97. The summed E-state index contributed by atoms with van der Waals surface area (Å²) in [6, 6.07) is 3.23. The van der Waals surface area contributed by atoms with Crippen LogP contribution < -0.4 is 16.5 Å². The van der Waals surface area contributed by atoms with E-state index in [1.165, 1.54) is 25.5 Å². The van der Waals surface area contributed by atoms with Crippen molar-refractivity contribution >= 4 is 24.1 Å². The van der Waals surface area contributed by atoms with Gasteiger partial charge in [-0.25, -0.2) is 15.2 Å². The minimum atomic E-state index is -4.43. The van der Waals surface area contributed by atoms with E-state index in [1.807, 2.05) is 0 Å². The molecule has 33 heavy (non-hydrogen) atoms. The Hall–Kier alpha value is -3.80. The van der Waals surface area contributed by atoms with Crippen molar-refractivity contribution in [3.05, 3.63) is 71.6 Å². The van der Waals surface area contributed by atoms with Gasteiger partial charge < -0.3 is 10.6 Å². The van der Waals surface area contributed by atoms with Gasteiger partial charge in [-0.3, -0.25) is 9.98 Å². The molecule has 0 amide bonds. The second kappa shape index (κ2) is 12.3. The Morgan fingerprint density at radius 3 is 2.76 bits per heavy atom. The maximum atomic E-state index is 13.8. The fourth-order valence-corrected chi connectivity index (χ4v) is 2.47.